The van der Waals surface area contributed by atoms with Gasteiger partial charge in [-0.3, -0.25) is 19.2 Å². The minimum Gasteiger partial charge on any atom is -0.492 e. The van der Waals surface area contributed by atoms with E-state index in [4.69, 9.17) is 14.2 Å². The van der Waals surface area contributed by atoms with Crippen LogP contribution in [0.3, 0.4) is 0 Å². The Balaban J connectivity index is 1.42. The molecule has 1 fully saturated rings. The molecule has 3 atom stereocenters. The van der Waals surface area contributed by atoms with Gasteiger partial charge >= 0.3 is 0 Å². The number of carbonyl (C=O) groups is 4. The molecule has 4 amide bonds. The van der Waals surface area contributed by atoms with Gasteiger partial charge < -0.3 is 34.6 Å². The molecule has 3 aromatic rings. The molecule has 2 N–H and O–H groups in total. The van der Waals surface area contributed by atoms with Crippen LogP contribution in [-0.4, -0.2) is 105 Å². The summed E-state index contributed by atoms with van der Waals surface area (Å²) in [6, 6.07) is 11.9. The van der Waals surface area contributed by atoms with Crippen molar-refractivity contribution in [2.24, 2.45) is 5.92 Å². The molecule has 53 heavy (non-hydrogen) atoms. The summed E-state index contributed by atoms with van der Waals surface area (Å²) < 4.78 is 19.7. The van der Waals surface area contributed by atoms with E-state index in [-0.39, 0.29) is 42.4 Å². The van der Waals surface area contributed by atoms with Crippen molar-refractivity contribution in [3.8, 4) is 11.5 Å². The highest BCUT2D eigenvalue weighted by Crippen LogP contribution is 2.25. The van der Waals surface area contributed by atoms with Gasteiger partial charge in [0.15, 0.2) is 0 Å². The summed E-state index contributed by atoms with van der Waals surface area (Å²) in [5.74, 6) is -0.424. The fourth-order valence-electron chi connectivity index (χ4n) is 6.40. The SMILES string of the molecule is CC(C)C[C@H]1NC(=O)c2ccccc2OCc2cn(nn2)CCOc2ccc(cc2)CCNC(=O)[C@H](COC(C)(C)C)N(C)C(=O)[C@H]2CCCN2C1=O. The van der Waals surface area contributed by atoms with E-state index in [1.165, 1.54) is 4.90 Å². The normalized spacial score (nSPS) is 21.3. The monoisotopic (exact) mass is 731 g/mol. The average molecular weight is 732 g/mol. The maximum Gasteiger partial charge on any atom is 0.255 e. The van der Waals surface area contributed by atoms with Gasteiger partial charge in [0.05, 0.1) is 30.5 Å². The number of hydrogen-bond donors (Lipinski definition) is 2. The molecule has 0 unspecified atom stereocenters. The maximum atomic E-state index is 14.3. The third kappa shape index (κ3) is 10.8. The first-order valence-corrected chi connectivity index (χ1v) is 18.4. The number of para-hydroxylation sites is 1. The van der Waals surface area contributed by atoms with E-state index < -0.39 is 29.6 Å². The second-order valence-electron chi connectivity index (χ2n) is 15.0. The van der Waals surface area contributed by atoms with E-state index in [1.807, 2.05) is 58.9 Å². The zero-order chi connectivity index (χ0) is 38.1. The summed E-state index contributed by atoms with van der Waals surface area (Å²) in [6.45, 7) is 11.2. The quantitative estimate of drug-likeness (QED) is 0.411. The number of benzene rings is 2. The van der Waals surface area contributed by atoms with Crippen molar-refractivity contribution in [1.29, 1.82) is 0 Å². The van der Waals surface area contributed by atoms with Crippen molar-refractivity contribution in [2.45, 2.75) is 97.2 Å². The van der Waals surface area contributed by atoms with Crippen LogP contribution in [0.15, 0.2) is 54.7 Å². The Kier molecular flexibility index (Phi) is 13.1. The molecule has 2 aromatic carbocycles. The Bertz CT molecular complexity index is 1720. The fraction of sp³-hybridized carbons (Fsp3) is 0.538. The van der Waals surface area contributed by atoms with Gasteiger partial charge in [-0.25, -0.2) is 4.68 Å². The lowest BCUT2D eigenvalue weighted by atomic mass is 10.0. The third-order valence-electron chi connectivity index (χ3n) is 9.24. The maximum absolute atomic E-state index is 14.3. The van der Waals surface area contributed by atoms with Crippen LogP contribution >= 0.6 is 0 Å². The second kappa shape index (κ2) is 17.7. The summed E-state index contributed by atoms with van der Waals surface area (Å²) in [5, 5.41) is 14.3. The molecule has 3 aliphatic heterocycles. The number of carbonyl (C=O) groups excluding carboxylic acids is 4. The Hall–Kier alpha value is -4.98. The molecule has 0 saturated carbocycles. The van der Waals surface area contributed by atoms with Gasteiger partial charge in [0.25, 0.3) is 5.91 Å². The topological polar surface area (TPSA) is 157 Å². The number of aromatic nitrogens is 3. The summed E-state index contributed by atoms with van der Waals surface area (Å²) in [6.07, 6.45) is 3.74. The minimum atomic E-state index is -0.929. The first-order chi connectivity index (χ1) is 25.3. The molecule has 14 nitrogen and oxygen atoms in total. The molecule has 1 aromatic heterocycles. The van der Waals surface area contributed by atoms with Crippen LogP contribution < -0.4 is 20.1 Å². The lowest BCUT2D eigenvalue weighted by molar-refractivity contribution is -0.150. The van der Waals surface area contributed by atoms with E-state index in [9.17, 15) is 19.2 Å². The van der Waals surface area contributed by atoms with E-state index >= 15 is 0 Å². The standard InChI is InChI=1S/C39H53N7O7/c1-26(2)22-31-37(49)46-19-9-11-32(46)38(50)44(6)33(25-53-39(3,4)5)36(48)40-18-17-27-13-15-29(16-14-27)51-21-20-45-23-28(42-43-45)24-52-34-12-8-7-10-30(34)35(47)41-31/h7-8,10,12-16,23,26,31-33H,9,11,17-22,24-25H2,1-6H3,(H,40,48)(H,41,47)/t31-,32-,33+/m1/s1. The number of likely N-dealkylation sites (N-methyl/N-ethyl adjacent to an activating group) is 1. The van der Waals surface area contributed by atoms with Gasteiger partial charge in [-0.2, -0.15) is 0 Å². The van der Waals surface area contributed by atoms with Gasteiger partial charge in [0.1, 0.15) is 48.5 Å². The Morgan fingerprint density at radius 2 is 1.74 bits per heavy atom. The Morgan fingerprint density at radius 1 is 0.981 bits per heavy atom. The van der Waals surface area contributed by atoms with Crippen LogP contribution in [0, 0.1) is 5.92 Å². The van der Waals surface area contributed by atoms with Gasteiger partial charge in [-0.1, -0.05) is 43.3 Å². The average Bonchev–Trinajstić information content (AvgIpc) is 3.80. The molecule has 4 bridgehead atoms. The Labute approximate surface area is 311 Å². The van der Waals surface area contributed by atoms with Crippen LogP contribution in [-0.2, 0) is 38.7 Å². The highest BCUT2D eigenvalue weighted by atomic mass is 16.5. The molecule has 4 heterocycles. The molecule has 0 spiro atoms. The number of fused-ring (bicyclic) bond motifs is 14. The van der Waals surface area contributed by atoms with Crippen molar-refractivity contribution in [3.05, 3.63) is 71.5 Å². The predicted molar refractivity (Wildman–Crippen MR) is 197 cm³/mol. The number of ether oxygens (including phenoxy) is 3. The first-order valence-electron chi connectivity index (χ1n) is 18.4. The van der Waals surface area contributed by atoms with Crippen molar-refractivity contribution in [2.75, 3.05) is 33.4 Å². The van der Waals surface area contributed by atoms with Gasteiger partial charge in [0.2, 0.25) is 17.7 Å². The number of hydrogen-bond acceptors (Lipinski definition) is 9. The molecule has 14 heteroatoms. The number of amides is 4. The molecule has 3 aliphatic rings. The van der Waals surface area contributed by atoms with E-state index in [0.717, 1.165) is 5.56 Å². The number of nitrogens with one attached hydrogen (secondary N) is 2. The van der Waals surface area contributed by atoms with E-state index in [1.54, 1.807) is 47.1 Å². The molecular weight excluding hydrogens is 678 g/mol. The minimum absolute atomic E-state index is 0.0202. The second-order valence-corrected chi connectivity index (χ2v) is 15.0. The zero-order valence-corrected chi connectivity index (χ0v) is 31.7. The Morgan fingerprint density at radius 3 is 2.47 bits per heavy atom. The molecule has 0 aliphatic carbocycles. The predicted octanol–water partition coefficient (Wildman–Crippen LogP) is 3.39. The van der Waals surface area contributed by atoms with Crippen LogP contribution in [0.2, 0.25) is 0 Å². The molecular formula is C39H53N7O7. The first kappa shape index (κ1) is 39.2. The van der Waals surface area contributed by atoms with Crippen LogP contribution in [0.25, 0.3) is 0 Å². The highest BCUT2D eigenvalue weighted by molar-refractivity contribution is 6.00. The van der Waals surface area contributed by atoms with E-state index in [2.05, 4.69) is 20.9 Å². The summed E-state index contributed by atoms with van der Waals surface area (Å²) in [4.78, 5) is 58.9. The highest BCUT2D eigenvalue weighted by Gasteiger charge is 2.41. The van der Waals surface area contributed by atoms with Crippen molar-refractivity contribution < 1.29 is 33.4 Å². The van der Waals surface area contributed by atoms with Crippen LogP contribution in [0.4, 0.5) is 0 Å². The van der Waals surface area contributed by atoms with Crippen molar-refractivity contribution in [1.82, 2.24) is 35.4 Å². The van der Waals surface area contributed by atoms with Gasteiger partial charge in [0, 0.05) is 20.1 Å². The summed E-state index contributed by atoms with van der Waals surface area (Å²) in [5.41, 5.74) is 1.29. The van der Waals surface area contributed by atoms with Gasteiger partial charge in [-0.15, -0.1) is 5.10 Å². The lowest BCUT2D eigenvalue weighted by Crippen LogP contribution is -2.58. The fourth-order valence-corrected chi connectivity index (χ4v) is 6.40. The van der Waals surface area contributed by atoms with Gasteiger partial charge in [-0.05, 0) is 82.2 Å². The molecule has 1 saturated heterocycles. The molecule has 6 rings (SSSR count). The van der Waals surface area contributed by atoms with Crippen LogP contribution in [0.1, 0.15) is 75.5 Å². The zero-order valence-electron chi connectivity index (χ0n) is 31.7. The third-order valence-corrected chi connectivity index (χ3v) is 9.24. The summed E-state index contributed by atoms with van der Waals surface area (Å²) >= 11 is 0. The smallest absolute Gasteiger partial charge is 0.255 e. The van der Waals surface area contributed by atoms with Crippen LogP contribution in [0.5, 0.6) is 11.5 Å². The lowest BCUT2D eigenvalue weighted by Gasteiger charge is -2.35. The largest absolute Gasteiger partial charge is 0.492 e. The summed E-state index contributed by atoms with van der Waals surface area (Å²) in [7, 11) is 1.58. The number of nitrogens with zero attached hydrogens (tertiary/aromatic N) is 5. The van der Waals surface area contributed by atoms with Crippen molar-refractivity contribution >= 4 is 23.6 Å². The molecule has 286 valence electrons. The number of rotatable bonds is 4. The van der Waals surface area contributed by atoms with E-state index in [0.29, 0.717) is 69.1 Å². The van der Waals surface area contributed by atoms with Crippen molar-refractivity contribution in [3.63, 3.8) is 0 Å². The molecule has 0 radical (unpaired) electrons.